The van der Waals surface area contributed by atoms with Crippen LogP contribution in [0, 0.1) is 17.8 Å². The van der Waals surface area contributed by atoms with Crippen LogP contribution in [-0.2, 0) is 42.7 Å². The zero-order valence-corrected chi connectivity index (χ0v) is 36.1. The van der Waals surface area contributed by atoms with Gasteiger partial charge in [0.05, 0.1) is 68.1 Å². The molecule has 4 heterocycles. The van der Waals surface area contributed by atoms with Crippen LogP contribution < -0.4 is 0 Å². The van der Waals surface area contributed by atoms with E-state index in [2.05, 4.69) is 0 Å². The smallest absolute Gasteiger partial charge is 0.330 e. The first-order valence-electron chi connectivity index (χ1n) is 22.9. The predicted octanol–water partition coefficient (Wildman–Crippen LogP) is -6.74. The van der Waals surface area contributed by atoms with Crippen molar-refractivity contribution in [1.82, 2.24) is 0 Å². The van der Waals surface area contributed by atoms with E-state index in [0.717, 1.165) is 6.08 Å². The van der Waals surface area contributed by atoms with Gasteiger partial charge < -0.3 is 114 Å². The van der Waals surface area contributed by atoms with E-state index in [1.165, 1.54) is 0 Å². The van der Waals surface area contributed by atoms with Crippen LogP contribution in [0.1, 0.15) is 57.8 Å². The standard InChI is InChI=1S/C42H68O24/c43-12-26-30(51)33(54)37(58)41(63-26)66-39-35(56)31(52)27(13-44)64-42(39)62-25-11-18-23(60-38(25)16-3-5-20(47)22(49)8-16)9-17(45)10-24(18)61-40-36(57)34(55)32(53)28(65-40)14-59-29(50)6-2-15-1-4-19(46)21(48)7-15/h2,6,15-28,30-49,51-58H,1,3-5,7-14H2. The van der Waals surface area contributed by atoms with Gasteiger partial charge in [-0.15, -0.1) is 0 Å². The molecule has 7 fully saturated rings. The fourth-order valence-electron chi connectivity index (χ4n) is 10.5. The first-order valence-corrected chi connectivity index (χ1v) is 22.9. The molecule has 4 aliphatic heterocycles. The van der Waals surface area contributed by atoms with E-state index in [0.29, 0.717) is 19.3 Å². The van der Waals surface area contributed by atoms with Crippen molar-refractivity contribution < 1.29 is 119 Å². The first-order chi connectivity index (χ1) is 31.4. The highest BCUT2D eigenvalue weighted by Crippen LogP contribution is 2.45. The van der Waals surface area contributed by atoms with Crippen LogP contribution in [0.15, 0.2) is 12.2 Å². The number of esters is 1. The number of ether oxygens (including phenoxy) is 8. The van der Waals surface area contributed by atoms with E-state index in [-0.39, 0.29) is 44.4 Å². The summed E-state index contributed by atoms with van der Waals surface area (Å²) in [6, 6.07) is 0. The highest BCUT2D eigenvalue weighted by atomic mass is 16.8. The largest absolute Gasteiger partial charge is 0.460 e. The van der Waals surface area contributed by atoms with E-state index in [9.17, 15) is 81.4 Å². The molecule has 0 radical (unpaired) electrons. The van der Waals surface area contributed by atoms with E-state index in [1.807, 2.05) is 0 Å². The molecule has 24 nitrogen and oxygen atoms in total. The molecule has 380 valence electrons. The Morgan fingerprint density at radius 2 is 1.08 bits per heavy atom. The summed E-state index contributed by atoms with van der Waals surface area (Å²) in [7, 11) is 0. The Morgan fingerprint density at radius 1 is 0.515 bits per heavy atom. The lowest BCUT2D eigenvalue weighted by Crippen LogP contribution is -2.66. The molecule has 27 unspecified atom stereocenters. The minimum atomic E-state index is -1.93. The summed E-state index contributed by atoms with van der Waals surface area (Å²) in [4.78, 5) is 12.6. The van der Waals surface area contributed by atoms with Crippen molar-refractivity contribution in [2.24, 2.45) is 17.8 Å². The van der Waals surface area contributed by atoms with Gasteiger partial charge in [0.2, 0.25) is 0 Å². The maximum absolute atomic E-state index is 12.6. The minimum Gasteiger partial charge on any atom is -0.460 e. The molecular formula is C42H68O24. The van der Waals surface area contributed by atoms with Crippen molar-refractivity contribution in [3.8, 4) is 0 Å². The van der Waals surface area contributed by atoms with Crippen molar-refractivity contribution >= 4 is 5.97 Å². The van der Waals surface area contributed by atoms with Gasteiger partial charge in [0.15, 0.2) is 18.9 Å². The third kappa shape index (κ3) is 11.6. The first kappa shape index (κ1) is 52.2. The number of fused-ring (bicyclic) bond motifs is 1. The molecule has 7 aliphatic rings. The second-order valence-electron chi connectivity index (χ2n) is 18.9. The number of allylic oxidation sites excluding steroid dienone is 1. The summed E-state index contributed by atoms with van der Waals surface area (Å²) in [6.45, 7) is -2.19. The molecule has 0 bridgehead atoms. The molecule has 3 aliphatic carbocycles. The second kappa shape index (κ2) is 22.6. The molecule has 3 saturated carbocycles. The monoisotopic (exact) mass is 956 g/mol. The second-order valence-corrected chi connectivity index (χ2v) is 18.9. The van der Waals surface area contributed by atoms with Crippen LogP contribution in [0.5, 0.6) is 0 Å². The number of carbonyl (C=O) groups is 1. The number of aliphatic hydroxyl groups excluding tert-OH is 15. The fourth-order valence-corrected chi connectivity index (χ4v) is 10.5. The van der Waals surface area contributed by atoms with Gasteiger partial charge in [-0.25, -0.2) is 4.79 Å². The maximum atomic E-state index is 12.6. The van der Waals surface area contributed by atoms with Gasteiger partial charge in [0.1, 0.15) is 79.9 Å². The van der Waals surface area contributed by atoms with Crippen molar-refractivity contribution in [3.63, 3.8) is 0 Å². The van der Waals surface area contributed by atoms with Crippen molar-refractivity contribution in [3.05, 3.63) is 12.2 Å². The zero-order valence-electron chi connectivity index (χ0n) is 36.1. The zero-order chi connectivity index (χ0) is 47.7. The molecule has 0 aromatic rings. The van der Waals surface area contributed by atoms with E-state index in [1.54, 1.807) is 6.08 Å². The molecule has 15 N–H and O–H groups in total. The van der Waals surface area contributed by atoms with E-state index in [4.69, 9.17) is 37.9 Å². The SMILES string of the molecule is O=C(C=CC1CCC(O)C(O)C1)OCC1OC(OC2CC(O)CC3OC(C4CCC(O)C(O)C4)C(OC4OC(CO)C(O)C(O)C4OC4OC(CO)C(O)C(O)C4O)CC23)C(O)C(O)C1O. The lowest BCUT2D eigenvalue weighted by Gasteiger charge is -2.53. The summed E-state index contributed by atoms with van der Waals surface area (Å²) in [5.74, 6) is -2.20. The quantitative estimate of drug-likeness (QED) is 0.0603. The van der Waals surface area contributed by atoms with E-state index < -0.39 is 185 Å². The number of carbonyl (C=O) groups excluding carboxylic acids is 1. The average molecular weight is 957 g/mol. The summed E-state index contributed by atoms with van der Waals surface area (Å²) in [6.07, 6.45) is -30.1. The highest BCUT2D eigenvalue weighted by Gasteiger charge is 2.56. The lowest BCUT2D eigenvalue weighted by atomic mass is 9.72. The van der Waals surface area contributed by atoms with Gasteiger partial charge in [0, 0.05) is 18.4 Å². The Kier molecular flexibility index (Phi) is 17.9. The van der Waals surface area contributed by atoms with E-state index >= 15 is 0 Å². The molecular weight excluding hydrogens is 888 g/mol. The fraction of sp³-hybridized carbons (Fsp3) is 0.929. The van der Waals surface area contributed by atoms with Gasteiger partial charge in [-0.1, -0.05) is 6.08 Å². The van der Waals surface area contributed by atoms with Gasteiger partial charge in [-0.3, -0.25) is 0 Å². The number of hydrogen-bond donors (Lipinski definition) is 15. The van der Waals surface area contributed by atoms with Crippen LogP contribution in [-0.4, -0.2) is 249 Å². The third-order valence-corrected chi connectivity index (χ3v) is 14.4. The number of rotatable bonds is 13. The Hall–Kier alpha value is -1.67. The number of hydrogen-bond acceptors (Lipinski definition) is 24. The molecule has 24 heteroatoms. The van der Waals surface area contributed by atoms with Gasteiger partial charge in [-0.2, -0.15) is 0 Å². The molecule has 0 aromatic carbocycles. The minimum absolute atomic E-state index is 0.00921. The highest BCUT2D eigenvalue weighted by molar-refractivity contribution is 5.81. The van der Waals surface area contributed by atoms with Gasteiger partial charge in [0.25, 0.3) is 0 Å². The van der Waals surface area contributed by atoms with Crippen LogP contribution in [0.2, 0.25) is 0 Å². The Morgan fingerprint density at radius 3 is 1.71 bits per heavy atom. The lowest BCUT2D eigenvalue weighted by molar-refractivity contribution is -0.380. The average Bonchev–Trinajstić information content (AvgIpc) is 3.29. The van der Waals surface area contributed by atoms with Crippen molar-refractivity contribution in [2.45, 2.75) is 205 Å². The summed E-state index contributed by atoms with van der Waals surface area (Å²) >= 11 is 0. The van der Waals surface area contributed by atoms with Crippen LogP contribution in [0.3, 0.4) is 0 Å². The van der Waals surface area contributed by atoms with Crippen LogP contribution in [0.4, 0.5) is 0 Å². The van der Waals surface area contributed by atoms with Crippen LogP contribution in [0.25, 0.3) is 0 Å². The molecule has 0 amide bonds. The Bertz CT molecular complexity index is 1580. The van der Waals surface area contributed by atoms with Crippen LogP contribution >= 0.6 is 0 Å². The maximum Gasteiger partial charge on any atom is 0.330 e. The summed E-state index contributed by atoms with van der Waals surface area (Å²) in [5.41, 5.74) is 0. The Balaban J connectivity index is 1.09. The summed E-state index contributed by atoms with van der Waals surface area (Å²) in [5, 5.41) is 158. The van der Waals surface area contributed by atoms with Crippen molar-refractivity contribution in [2.75, 3.05) is 19.8 Å². The number of aliphatic hydroxyl groups is 15. The van der Waals surface area contributed by atoms with Gasteiger partial charge in [-0.05, 0) is 63.2 Å². The molecule has 27 atom stereocenters. The Labute approximate surface area is 379 Å². The summed E-state index contributed by atoms with van der Waals surface area (Å²) < 4.78 is 48.1. The van der Waals surface area contributed by atoms with Crippen molar-refractivity contribution in [1.29, 1.82) is 0 Å². The molecule has 7 rings (SSSR count). The van der Waals surface area contributed by atoms with Gasteiger partial charge >= 0.3 is 5.97 Å². The third-order valence-electron chi connectivity index (χ3n) is 14.4. The molecule has 4 saturated heterocycles. The molecule has 0 spiro atoms. The molecule has 66 heavy (non-hydrogen) atoms. The normalized spacial score (nSPS) is 51.6. The predicted molar refractivity (Wildman–Crippen MR) is 214 cm³/mol. The topological polar surface area (TPSA) is 394 Å². The molecule has 0 aromatic heterocycles.